The molecule has 0 bridgehead atoms. The predicted octanol–water partition coefficient (Wildman–Crippen LogP) is 12.0. The molecule has 0 saturated carbocycles. The van der Waals surface area contributed by atoms with E-state index in [-0.39, 0.29) is 21.7 Å². The summed E-state index contributed by atoms with van der Waals surface area (Å²) < 4.78 is 6.19. The minimum Gasteiger partial charge on any atom is -0.480 e. The lowest BCUT2D eigenvalue weighted by Crippen LogP contribution is -2.24. The maximum atomic E-state index is 6.19. The van der Waals surface area contributed by atoms with Crippen LogP contribution in [0.3, 0.4) is 0 Å². The summed E-state index contributed by atoms with van der Waals surface area (Å²) >= 11 is 0. The molecule has 4 aromatic rings. The topological polar surface area (TPSA) is 9.23 Å². The Morgan fingerprint density at radius 3 is 1.29 bits per heavy atom. The van der Waals surface area contributed by atoms with Crippen LogP contribution in [-0.4, -0.2) is 0 Å². The van der Waals surface area contributed by atoms with Crippen LogP contribution in [-0.2, 0) is 21.7 Å². The summed E-state index contributed by atoms with van der Waals surface area (Å²) in [5, 5.41) is 0. The Kier molecular flexibility index (Phi) is 8.63. The fourth-order valence-corrected chi connectivity index (χ4v) is 6.67. The van der Waals surface area contributed by atoms with E-state index in [1.165, 1.54) is 50.1 Å². The second-order valence-corrected chi connectivity index (χ2v) is 16.0. The van der Waals surface area contributed by atoms with Gasteiger partial charge in [-0.05, 0) is 72.2 Å². The van der Waals surface area contributed by atoms with Crippen molar-refractivity contribution in [3.8, 4) is 39.1 Å². The molecule has 0 aliphatic heterocycles. The van der Waals surface area contributed by atoms with Crippen LogP contribution in [0.15, 0.2) is 78.9 Å². The molecule has 0 aromatic heterocycles. The molecule has 0 aliphatic rings. The molecule has 0 heterocycles. The Balaban J connectivity index is 2.34. The van der Waals surface area contributed by atoms with Gasteiger partial charge in [-0.2, -0.15) is 0 Å². The quantitative estimate of drug-likeness (QED) is 0.219. The highest BCUT2D eigenvalue weighted by Crippen LogP contribution is 2.52. The van der Waals surface area contributed by atoms with Gasteiger partial charge in [0.1, 0.15) is 5.75 Å². The Labute approximate surface area is 258 Å². The summed E-state index contributed by atoms with van der Waals surface area (Å²) in [6, 6.07) is 29.0. The first-order valence-corrected chi connectivity index (χ1v) is 15.7. The largest absolute Gasteiger partial charge is 0.480 e. The molecule has 0 N–H and O–H groups in total. The van der Waals surface area contributed by atoms with Gasteiger partial charge in [-0.3, -0.25) is 0 Å². The van der Waals surface area contributed by atoms with Crippen molar-refractivity contribution in [2.45, 2.75) is 105 Å². The second-order valence-electron chi connectivity index (χ2n) is 15.8. The van der Waals surface area contributed by atoms with Gasteiger partial charge in [0.15, 0.2) is 0 Å². The second kappa shape index (κ2) is 11.3. The first kappa shape index (κ1) is 32.0. The summed E-state index contributed by atoms with van der Waals surface area (Å²) in [5.74, 6) is 0.868. The van der Waals surface area contributed by atoms with Gasteiger partial charge in [0.25, 0.3) is 0 Å². The van der Waals surface area contributed by atoms with Gasteiger partial charge in [-0.1, -0.05) is 156 Å². The van der Waals surface area contributed by atoms with E-state index in [9.17, 15) is 0 Å². The molecule has 42 heavy (non-hydrogen) atoms. The lowest BCUT2D eigenvalue weighted by Gasteiger charge is -2.35. The van der Waals surface area contributed by atoms with Crippen molar-refractivity contribution < 1.29 is 4.52 Å². The minimum absolute atomic E-state index is 0.0108. The molecule has 0 fully saturated rings. The standard InChI is InChI=1S/C40H51OP/c1-37(2,3)30-22-16-20-28(35(30)39(7,8)9)33-27(26-18-14-13-15-19-26)24-25-32(41-42)34(33)29-21-17-23-31(38(4,5)6)36(29)40(10,11)12/h13-25H,42H2,1-12H3. The summed E-state index contributed by atoms with van der Waals surface area (Å²) in [7, 11) is 2.53. The van der Waals surface area contributed by atoms with Crippen LogP contribution in [0.4, 0.5) is 0 Å². The molecule has 222 valence electrons. The third kappa shape index (κ3) is 6.23. The molecular weight excluding hydrogens is 527 g/mol. The van der Waals surface area contributed by atoms with E-state index in [1.54, 1.807) is 0 Å². The van der Waals surface area contributed by atoms with E-state index in [4.69, 9.17) is 4.52 Å². The molecule has 0 radical (unpaired) electrons. The minimum atomic E-state index is -0.0858. The number of hydrogen-bond acceptors (Lipinski definition) is 1. The van der Waals surface area contributed by atoms with E-state index in [0.717, 1.165) is 11.3 Å². The van der Waals surface area contributed by atoms with E-state index in [0.29, 0.717) is 0 Å². The van der Waals surface area contributed by atoms with Crippen molar-refractivity contribution in [1.82, 2.24) is 0 Å². The Bertz CT molecular complexity index is 1570. The number of rotatable bonds is 4. The van der Waals surface area contributed by atoms with E-state index in [1.807, 2.05) is 0 Å². The van der Waals surface area contributed by atoms with Gasteiger partial charge in [0.05, 0.1) is 9.47 Å². The SMILES string of the molecule is CC(C)(C)c1cccc(-c2c(OP)ccc(-c3ccccc3)c2-c2cccc(C(C)(C)C)c2C(C)(C)C)c1C(C)(C)C. The molecule has 2 heteroatoms. The van der Waals surface area contributed by atoms with Gasteiger partial charge in [-0.25, -0.2) is 0 Å². The third-order valence-electron chi connectivity index (χ3n) is 8.16. The molecule has 1 nitrogen and oxygen atoms in total. The molecule has 4 rings (SSSR count). The normalized spacial score (nSPS) is 12.9. The first-order chi connectivity index (χ1) is 19.4. The zero-order valence-corrected chi connectivity index (χ0v) is 29.1. The van der Waals surface area contributed by atoms with Crippen LogP contribution in [0.5, 0.6) is 5.75 Å². The highest BCUT2D eigenvalue weighted by atomic mass is 31.0. The fraction of sp³-hybridized carbons (Fsp3) is 0.400. The molecule has 4 aromatic carbocycles. The van der Waals surface area contributed by atoms with Crippen LogP contribution >= 0.6 is 9.47 Å². The highest BCUT2D eigenvalue weighted by molar-refractivity contribution is 7.10. The number of benzene rings is 4. The van der Waals surface area contributed by atoms with Crippen molar-refractivity contribution in [3.63, 3.8) is 0 Å². The molecule has 0 amide bonds. The van der Waals surface area contributed by atoms with Gasteiger partial charge < -0.3 is 4.52 Å². The van der Waals surface area contributed by atoms with Gasteiger partial charge in [0, 0.05) is 11.1 Å². The molecular formula is C40H51OP. The maximum Gasteiger partial charge on any atom is 0.131 e. The maximum absolute atomic E-state index is 6.19. The zero-order chi connectivity index (χ0) is 31.3. The van der Waals surface area contributed by atoms with Crippen molar-refractivity contribution in [1.29, 1.82) is 0 Å². The Hall–Kier alpha value is -2.89. The fourth-order valence-electron chi connectivity index (χ4n) is 6.47. The summed E-state index contributed by atoms with van der Waals surface area (Å²) in [6.07, 6.45) is 0. The van der Waals surface area contributed by atoms with Crippen molar-refractivity contribution in [2.24, 2.45) is 0 Å². The summed E-state index contributed by atoms with van der Waals surface area (Å²) in [5.41, 5.74) is 12.6. The van der Waals surface area contributed by atoms with Crippen LogP contribution < -0.4 is 4.52 Å². The Morgan fingerprint density at radius 1 is 0.429 bits per heavy atom. The zero-order valence-electron chi connectivity index (χ0n) is 28.0. The molecule has 0 aliphatic carbocycles. The van der Waals surface area contributed by atoms with E-state index in [2.05, 4.69) is 171 Å². The summed E-state index contributed by atoms with van der Waals surface area (Å²) in [4.78, 5) is 0. The molecule has 1 unspecified atom stereocenters. The van der Waals surface area contributed by atoms with Crippen LogP contribution in [0, 0.1) is 0 Å². The smallest absolute Gasteiger partial charge is 0.131 e. The third-order valence-corrected chi connectivity index (χ3v) is 8.42. The average Bonchev–Trinajstić information content (AvgIpc) is 2.90. The monoisotopic (exact) mass is 578 g/mol. The van der Waals surface area contributed by atoms with Crippen molar-refractivity contribution >= 4 is 9.47 Å². The van der Waals surface area contributed by atoms with Crippen LogP contribution in [0.1, 0.15) is 105 Å². The first-order valence-electron chi connectivity index (χ1n) is 15.2. The van der Waals surface area contributed by atoms with Crippen LogP contribution in [0.25, 0.3) is 33.4 Å². The lowest BCUT2D eigenvalue weighted by molar-refractivity contribution is 0.531. The molecule has 0 spiro atoms. The van der Waals surface area contributed by atoms with Crippen molar-refractivity contribution in [3.05, 3.63) is 101 Å². The van der Waals surface area contributed by atoms with Gasteiger partial charge in [0.2, 0.25) is 0 Å². The van der Waals surface area contributed by atoms with Gasteiger partial charge in [-0.15, -0.1) is 0 Å². The highest BCUT2D eigenvalue weighted by Gasteiger charge is 2.34. The van der Waals surface area contributed by atoms with Gasteiger partial charge >= 0.3 is 0 Å². The lowest BCUT2D eigenvalue weighted by atomic mass is 9.69. The molecule has 1 atom stereocenters. The predicted molar refractivity (Wildman–Crippen MR) is 188 cm³/mol. The Morgan fingerprint density at radius 2 is 0.881 bits per heavy atom. The van der Waals surface area contributed by atoms with Crippen LogP contribution in [0.2, 0.25) is 0 Å². The summed E-state index contributed by atoms with van der Waals surface area (Å²) in [6.45, 7) is 28.0. The van der Waals surface area contributed by atoms with E-state index >= 15 is 0 Å². The molecule has 0 saturated heterocycles. The average molecular weight is 579 g/mol. The van der Waals surface area contributed by atoms with Crippen molar-refractivity contribution in [2.75, 3.05) is 0 Å². The van der Waals surface area contributed by atoms with E-state index < -0.39 is 0 Å². The number of hydrogen-bond donors (Lipinski definition) is 0.